The van der Waals surface area contributed by atoms with Gasteiger partial charge >= 0.3 is 0 Å². The summed E-state index contributed by atoms with van der Waals surface area (Å²) in [6, 6.07) is 30.6. The predicted octanol–water partition coefficient (Wildman–Crippen LogP) is 23.3. The highest BCUT2D eigenvalue weighted by atomic mass is 28.4. The van der Waals surface area contributed by atoms with E-state index in [4.69, 9.17) is 38.1 Å². The van der Waals surface area contributed by atoms with Gasteiger partial charge in [-0.1, -0.05) is 237 Å². The lowest BCUT2D eigenvalue weighted by Crippen LogP contribution is -2.47. The Kier molecular flexibility index (Phi) is 25.4. The van der Waals surface area contributed by atoms with Gasteiger partial charge in [-0.3, -0.25) is 0 Å². The number of aromatic amines is 2. The summed E-state index contributed by atoms with van der Waals surface area (Å²) < 4.78 is 13.5. The molecule has 0 atom stereocenters. The minimum Gasteiger partial charge on any atom is -0.449 e. The van der Waals surface area contributed by atoms with Crippen LogP contribution in [0.15, 0.2) is 138 Å². The molecule has 7 aromatic rings. The molecule has 0 amide bonds. The summed E-state index contributed by atoms with van der Waals surface area (Å²) in [7, 11) is -7.25. The second-order valence-electron chi connectivity index (χ2n) is 28.1. The Labute approximate surface area is 546 Å². The number of H-pyrrole nitrogens is 2. The van der Waals surface area contributed by atoms with Crippen LogP contribution >= 0.6 is 0 Å². The number of allylic oxidation sites excluding steroid dienone is 4. The minimum absolute atomic E-state index is 0.131. The fourth-order valence-corrected chi connectivity index (χ4v) is 27.8. The van der Waals surface area contributed by atoms with E-state index in [1.165, 1.54) is 129 Å². The van der Waals surface area contributed by atoms with Crippen molar-refractivity contribution in [3.63, 3.8) is 0 Å². The molecule has 4 aromatic carbocycles. The Morgan fingerprint density at radius 2 is 0.633 bits per heavy atom. The first-order chi connectivity index (χ1) is 42.8. The maximum absolute atomic E-state index is 6.74. The van der Waals surface area contributed by atoms with E-state index in [-0.39, 0.29) is 5.41 Å². The van der Waals surface area contributed by atoms with Gasteiger partial charge in [0.1, 0.15) is 22.6 Å². The van der Waals surface area contributed by atoms with Crippen LogP contribution in [0.25, 0.3) is 89.7 Å². The van der Waals surface area contributed by atoms with Gasteiger partial charge in [-0.25, -0.2) is 29.9 Å². The van der Waals surface area contributed by atoms with Crippen molar-refractivity contribution in [2.75, 3.05) is 0 Å². The maximum Gasteiger partial charge on any atom is 0.201 e. The van der Waals surface area contributed by atoms with Crippen molar-refractivity contribution in [3.05, 3.63) is 144 Å². The zero-order valence-corrected chi connectivity index (χ0v) is 62.1. The normalized spacial score (nSPS) is 12.4. The molecule has 14 heteroatoms. The van der Waals surface area contributed by atoms with Crippen molar-refractivity contribution in [3.8, 4) is 45.6 Å². The van der Waals surface area contributed by atoms with Crippen LogP contribution in [0.3, 0.4) is 0 Å². The maximum atomic E-state index is 6.74. The molecule has 2 aliphatic heterocycles. The van der Waals surface area contributed by atoms with E-state index in [9.17, 15) is 0 Å². The number of nitrogens with zero attached hydrogens (tertiary/aromatic N) is 6. The number of benzene rings is 4. The van der Waals surface area contributed by atoms with Gasteiger partial charge in [0.15, 0.2) is 23.3 Å². The van der Waals surface area contributed by atoms with Crippen LogP contribution in [0.5, 0.6) is 0 Å². The quantitative estimate of drug-likeness (QED) is 0.0367. The zero-order chi connectivity index (χ0) is 65.4. The van der Waals surface area contributed by atoms with Gasteiger partial charge in [-0.15, -0.1) is 26.3 Å². The summed E-state index contributed by atoms with van der Waals surface area (Å²) in [4.78, 5) is 37.5. The van der Waals surface area contributed by atoms with E-state index in [1.54, 1.807) is 0 Å². The van der Waals surface area contributed by atoms with Crippen molar-refractivity contribution < 1.29 is 8.23 Å². The summed E-state index contributed by atoms with van der Waals surface area (Å²) in [5.74, 6) is 2.40. The predicted molar refractivity (Wildman–Crippen MR) is 398 cm³/mol. The summed E-state index contributed by atoms with van der Waals surface area (Å²) in [6.07, 6.45) is 25.5. The second kappa shape index (κ2) is 32.0. The van der Waals surface area contributed by atoms with Crippen LogP contribution in [-0.2, 0) is 13.6 Å². The third-order valence-corrected chi connectivity index (χ3v) is 34.1. The monoisotopic (exact) mass is 1280 g/mol. The SMILES string of the molecule is C=C(CCCCCC)[Si](C)(C)O[Si](C)(C)C(=C)CCCCCC.C=C(CCCCCC)[Si](C)(C)O[Si](C)(C)C(=C)CCCCCC.CC(C)(C)c1cccc2c3nc4nc(nc5[nH]c(nc6nc(nc([nH]3)c12)-c1ccccc1-6)c1ccccc51)-c1ccccc1-4. The van der Waals surface area contributed by atoms with Gasteiger partial charge in [0.05, 0.1) is 0 Å². The fraction of sp³-hybridized carbons (Fsp3) is 0.474. The first kappa shape index (κ1) is 71.4. The van der Waals surface area contributed by atoms with Crippen molar-refractivity contribution >= 4 is 77.4 Å². The molecule has 0 radical (unpaired) electrons. The third-order valence-electron chi connectivity index (χ3n) is 18.1. The van der Waals surface area contributed by atoms with Gasteiger partial charge < -0.3 is 18.2 Å². The van der Waals surface area contributed by atoms with E-state index < -0.39 is 33.3 Å². The van der Waals surface area contributed by atoms with Crippen LogP contribution < -0.4 is 0 Å². The smallest absolute Gasteiger partial charge is 0.201 e. The zero-order valence-electron chi connectivity index (χ0n) is 58.1. The lowest BCUT2D eigenvalue weighted by atomic mass is 9.84. The highest BCUT2D eigenvalue weighted by molar-refractivity contribution is 6.92. The molecule has 9 rings (SSSR count). The number of aromatic nitrogens is 8. The molecule has 8 bridgehead atoms. The van der Waals surface area contributed by atoms with Crippen LogP contribution in [0, 0.1) is 0 Å². The van der Waals surface area contributed by atoms with Crippen LogP contribution in [-0.4, -0.2) is 73.1 Å². The van der Waals surface area contributed by atoms with Gasteiger partial charge in [0.2, 0.25) is 33.3 Å². The van der Waals surface area contributed by atoms with E-state index in [1.807, 2.05) is 72.8 Å². The van der Waals surface area contributed by atoms with Crippen LogP contribution in [0.4, 0.5) is 0 Å². The molecule has 5 heterocycles. The Hall–Kier alpha value is -6.01. The Bertz CT molecular complexity index is 3650. The standard InChI is InChI=1S/C36H26N8.2C20H42OSi2/c1-36(2,3)26-18-10-17-25-27(26)35-43-33-24-16-9-8-15-23(24)31(41-33)39-29-20-12-5-4-11-19(20)28(37-29)38-30-21-13-6-7-14-22(21)32(40-30)42-34(25)44-35;2*1-9-11-13-15-17-19(3)22(5,6)21-23(7,8)20(4)18-16-14-12-10-2/h4-18H,1-3H3,(H2,37,38,39,40,41,42,43,44);2*3-4,9-18H2,1-2,5-8H3. The number of fused-ring (bicyclic) bond motifs is 20. The van der Waals surface area contributed by atoms with E-state index in [0.717, 1.165) is 69.5 Å². The molecule has 0 aliphatic carbocycles. The Morgan fingerprint density at radius 1 is 0.356 bits per heavy atom. The molecular formula is C76H110N8O2Si4. The van der Waals surface area contributed by atoms with Crippen molar-refractivity contribution in [2.24, 2.45) is 0 Å². The molecule has 0 saturated heterocycles. The van der Waals surface area contributed by atoms with E-state index in [0.29, 0.717) is 45.9 Å². The number of hydrogen-bond acceptors (Lipinski definition) is 8. The summed E-state index contributed by atoms with van der Waals surface area (Å²) in [5, 5.41) is 9.44. The molecule has 0 fully saturated rings. The number of unbranched alkanes of at least 4 members (excludes halogenated alkanes) is 12. The first-order valence-electron chi connectivity index (χ1n) is 34.1. The molecule has 482 valence electrons. The third kappa shape index (κ3) is 18.4. The second-order valence-corrected chi connectivity index (χ2v) is 44.7. The topological polar surface area (TPSA) is 127 Å². The molecule has 2 N–H and O–H groups in total. The summed E-state index contributed by atoms with van der Waals surface area (Å²) in [5.41, 5.74) is 7.53. The van der Waals surface area contributed by atoms with Gasteiger partial charge in [-0.2, -0.15) is 0 Å². The summed E-state index contributed by atoms with van der Waals surface area (Å²) >= 11 is 0. The highest BCUT2D eigenvalue weighted by Crippen LogP contribution is 2.40. The molecule has 90 heavy (non-hydrogen) atoms. The highest BCUT2D eigenvalue weighted by Gasteiger charge is 2.38. The Morgan fingerprint density at radius 3 is 0.944 bits per heavy atom. The van der Waals surface area contributed by atoms with Crippen LogP contribution in [0.1, 0.15) is 182 Å². The molecule has 10 nitrogen and oxygen atoms in total. The van der Waals surface area contributed by atoms with Crippen molar-refractivity contribution in [1.82, 2.24) is 39.9 Å². The summed E-state index contributed by atoms with van der Waals surface area (Å²) in [6.45, 7) is 51.8. The van der Waals surface area contributed by atoms with Gasteiger partial charge in [0, 0.05) is 43.8 Å². The number of rotatable bonds is 28. The average molecular weight is 1280 g/mol. The number of hydrogen-bond donors (Lipinski definition) is 2. The lowest BCUT2D eigenvalue weighted by Gasteiger charge is -2.36. The average Bonchev–Trinajstić information content (AvgIpc) is 1.90. The lowest BCUT2D eigenvalue weighted by molar-refractivity contribution is 0.549. The van der Waals surface area contributed by atoms with Gasteiger partial charge in [0.25, 0.3) is 0 Å². The molecule has 2 aliphatic rings. The van der Waals surface area contributed by atoms with Crippen molar-refractivity contribution in [2.45, 2.75) is 235 Å². The molecular weight excluding hydrogens is 1170 g/mol. The molecule has 0 spiro atoms. The molecule has 0 saturated carbocycles. The van der Waals surface area contributed by atoms with E-state index in [2.05, 4.69) is 155 Å². The first-order valence-corrected chi connectivity index (χ1v) is 45.8. The molecule has 3 aromatic heterocycles. The largest absolute Gasteiger partial charge is 0.449 e. The fourth-order valence-electron chi connectivity index (χ4n) is 12.1. The molecule has 0 unspecified atom stereocenters. The van der Waals surface area contributed by atoms with E-state index >= 15 is 0 Å². The number of nitrogens with one attached hydrogen (secondary N) is 2. The Balaban J connectivity index is 0.000000214. The minimum atomic E-state index is -1.81. The van der Waals surface area contributed by atoms with Gasteiger partial charge in [-0.05, 0) is 115 Å². The van der Waals surface area contributed by atoms with Crippen molar-refractivity contribution in [1.29, 1.82) is 0 Å². The van der Waals surface area contributed by atoms with Crippen LogP contribution in [0.2, 0.25) is 52.4 Å².